The van der Waals surface area contributed by atoms with Crippen molar-refractivity contribution in [3.05, 3.63) is 52.8 Å². The van der Waals surface area contributed by atoms with Crippen LogP contribution in [-0.2, 0) is 16.9 Å². The van der Waals surface area contributed by atoms with Crippen LogP contribution in [0.5, 0.6) is 0 Å². The molecule has 0 amide bonds. The molecule has 0 spiro atoms. The molecule has 0 saturated carbocycles. The van der Waals surface area contributed by atoms with Crippen LogP contribution in [0.2, 0.25) is 0 Å². The number of sulfone groups is 1. The first-order valence-corrected chi connectivity index (χ1v) is 10.3. The van der Waals surface area contributed by atoms with E-state index in [0.29, 0.717) is 23.4 Å². The van der Waals surface area contributed by atoms with Crippen LogP contribution in [0.3, 0.4) is 0 Å². The van der Waals surface area contributed by atoms with Crippen LogP contribution in [0.15, 0.2) is 35.0 Å². The molecule has 3 heterocycles. The third kappa shape index (κ3) is 3.63. The summed E-state index contributed by atoms with van der Waals surface area (Å²) >= 11 is 0. The van der Waals surface area contributed by atoms with E-state index >= 15 is 0 Å². The van der Waals surface area contributed by atoms with Crippen LogP contribution in [0.25, 0.3) is 16.9 Å². The van der Waals surface area contributed by atoms with E-state index in [4.69, 9.17) is 5.11 Å². The van der Waals surface area contributed by atoms with E-state index < -0.39 is 44.6 Å². The Morgan fingerprint density at radius 1 is 1.33 bits per heavy atom. The van der Waals surface area contributed by atoms with Crippen molar-refractivity contribution in [2.24, 2.45) is 7.05 Å². The van der Waals surface area contributed by atoms with Crippen LogP contribution in [0.1, 0.15) is 17.3 Å². The van der Waals surface area contributed by atoms with Gasteiger partial charge in [-0.2, -0.15) is 13.2 Å². The molecule has 0 radical (unpaired) electrons. The SMILES string of the molecule is C=[n+]1cc(C(=O)CO)cc2[nH]c(=C3NC=C(C(F)(F)F)C=C3S(=O)(=O)CC)[n+](C)c21. The number of aliphatic hydroxyl groups is 1. The molecule has 0 aromatic carbocycles. The van der Waals surface area contributed by atoms with Crippen molar-refractivity contribution in [2.45, 2.75) is 13.1 Å². The van der Waals surface area contributed by atoms with Gasteiger partial charge in [0, 0.05) is 6.20 Å². The lowest BCUT2D eigenvalue weighted by Gasteiger charge is -2.18. The summed E-state index contributed by atoms with van der Waals surface area (Å²) in [6.45, 7) is 4.42. The number of alkyl halides is 3. The van der Waals surface area contributed by atoms with Crippen molar-refractivity contribution >= 4 is 32.5 Å². The average Bonchev–Trinajstić information content (AvgIpc) is 3.02. The minimum absolute atomic E-state index is 0.0708. The smallest absolute Gasteiger partial charge is 0.388 e. The number of fused-ring (bicyclic) bond motifs is 1. The number of nitrogens with one attached hydrogen (secondary N) is 2. The van der Waals surface area contributed by atoms with E-state index in [0.717, 1.165) is 0 Å². The zero-order valence-corrected chi connectivity index (χ0v) is 16.9. The van der Waals surface area contributed by atoms with Crippen molar-refractivity contribution < 1.29 is 40.3 Å². The monoisotopic (exact) mass is 444 g/mol. The molecule has 0 aliphatic carbocycles. The first-order chi connectivity index (χ1) is 13.9. The zero-order chi connectivity index (χ0) is 22.4. The number of aliphatic hydroxyl groups excluding tert-OH is 1. The number of dihydropyridines is 1. The highest BCUT2D eigenvalue weighted by Crippen LogP contribution is 2.32. The Kier molecular flexibility index (Phi) is 5.33. The normalized spacial score (nSPS) is 16.9. The molecule has 2 aromatic heterocycles. The predicted molar refractivity (Wildman–Crippen MR) is 99.7 cm³/mol. The number of ketones is 1. The summed E-state index contributed by atoms with van der Waals surface area (Å²) in [6.07, 6.45) is -2.06. The Labute approximate surface area is 168 Å². The van der Waals surface area contributed by atoms with Gasteiger partial charge in [-0.3, -0.25) is 9.78 Å². The van der Waals surface area contributed by atoms with E-state index in [9.17, 15) is 26.4 Å². The van der Waals surface area contributed by atoms with Gasteiger partial charge >= 0.3 is 17.3 Å². The van der Waals surface area contributed by atoms with Gasteiger partial charge in [-0.1, -0.05) is 6.92 Å². The van der Waals surface area contributed by atoms with Crippen LogP contribution in [0.4, 0.5) is 13.2 Å². The van der Waals surface area contributed by atoms with E-state index in [1.54, 1.807) is 7.05 Å². The number of carbonyl (C=O) groups excluding carboxylic acids is 1. The maximum absolute atomic E-state index is 13.2. The Morgan fingerprint density at radius 2 is 2.00 bits per heavy atom. The number of aromatic amines is 1. The van der Waals surface area contributed by atoms with Crippen molar-refractivity contribution in [2.75, 3.05) is 12.4 Å². The fourth-order valence-corrected chi connectivity index (χ4v) is 4.21. The van der Waals surface area contributed by atoms with Gasteiger partial charge in [0.25, 0.3) is 0 Å². The molecule has 0 fully saturated rings. The van der Waals surface area contributed by atoms with Gasteiger partial charge in [-0.05, 0) is 12.1 Å². The molecule has 1 aliphatic heterocycles. The number of H-pyrrole nitrogens is 1. The van der Waals surface area contributed by atoms with Gasteiger partial charge in [0.15, 0.2) is 27.3 Å². The summed E-state index contributed by atoms with van der Waals surface area (Å²) in [4.78, 5) is 14.2. The molecule has 3 rings (SSSR count). The molecule has 3 N–H and O–H groups in total. The van der Waals surface area contributed by atoms with Crippen molar-refractivity contribution in [1.82, 2.24) is 10.3 Å². The van der Waals surface area contributed by atoms with Crippen LogP contribution < -0.4 is 19.6 Å². The van der Waals surface area contributed by atoms with Crippen LogP contribution in [0, 0.1) is 6.72 Å². The second-order valence-corrected chi connectivity index (χ2v) is 8.83. The number of allylic oxidation sites excluding steroid dienone is 2. The second kappa shape index (κ2) is 7.36. The molecule has 0 unspecified atom stereocenters. The van der Waals surface area contributed by atoms with Crippen LogP contribution >= 0.6 is 0 Å². The van der Waals surface area contributed by atoms with E-state index in [2.05, 4.69) is 17.0 Å². The predicted octanol–water partition coefficient (Wildman–Crippen LogP) is -0.429. The largest absolute Gasteiger partial charge is 0.474 e. The van der Waals surface area contributed by atoms with Gasteiger partial charge in [0.05, 0.1) is 21.8 Å². The summed E-state index contributed by atoms with van der Waals surface area (Å²) in [6, 6.07) is 1.44. The van der Waals surface area contributed by atoms with Gasteiger partial charge < -0.3 is 10.4 Å². The number of pyridine rings is 1. The maximum Gasteiger partial charge on any atom is 0.474 e. The number of Topliss-reactive ketones (excluding diaryl/α,β-unsaturated/α-hetero) is 1. The summed E-state index contributed by atoms with van der Waals surface area (Å²) in [5.41, 5.74) is -0.0656. The number of aryl methyl sites for hydroxylation is 1. The Balaban J connectivity index is 2.37. The first kappa shape index (κ1) is 21.7. The second-order valence-electron chi connectivity index (χ2n) is 6.58. The molecule has 0 atom stereocenters. The minimum atomic E-state index is -4.73. The third-order valence-electron chi connectivity index (χ3n) is 4.66. The van der Waals surface area contributed by atoms with Crippen molar-refractivity contribution in [3.8, 4) is 0 Å². The van der Waals surface area contributed by atoms with Gasteiger partial charge in [0.1, 0.15) is 26.1 Å². The molecule has 1 aliphatic rings. The van der Waals surface area contributed by atoms with Crippen molar-refractivity contribution in [1.29, 1.82) is 0 Å². The maximum atomic E-state index is 13.2. The highest BCUT2D eigenvalue weighted by Gasteiger charge is 2.38. The molecular weight excluding hydrogens is 425 g/mol. The average molecular weight is 444 g/mol. The Morgan fingerprint density at radius 3 is 2.57 bits per heavy atom. The first-order valence-electron chi connectivity index (χ1n) is 8.69. The molecule has 8 nitrogen and oxygen atoms in total. The number of aromatic nitrogens is 3. The number of imidazole rings is 1. The lowest BCUT2D eigenvalue weighted by Crippen LogP contribution is -2.51. The summed E-state index contributed by atoms with van der Waals surface area (Å²) < 4.78 is 67.4. The summed E-state index contributed by atoms with van der Waals surface area (Å²) in [5, 5.41) is 11.5. The number of halogens is 3. The molecule has 2 aromatic rings. The summed E-state index contributed by atoms with van der Waals surface area (Å²) in [7, 11) is -2.46. The number of carbonyl (C=O) groups is 1. The highest BCUT2D eigenvalue weighted by molar-refractivity contribution is 7.95. The Hall–Kier alpha value is -2.99. The minimum Gasteiger partial charge on any atom is -0.388 e. The molecule has 12 heteroatoms. The molecule has 30 heavy (non-hydrogen) atoms. The molecule has 0 bridgehead atoms. The number of hydrogen-bond acceptors (Lipinski definition) is 5. The van der Waals surface area contributed by atoms with Gasteiger partial charge in [0.2, 0.25) is 0 Å². The fourth-order valence-electron chi connectivity index (χ4n) is 3.12. The van der Waals surface area contributed by atoms with Gasteiger partial charge in [-0.25, -0.2) is 8.42 Å². The topological polar surface area (TPSA) is 109 Å². The fraction of sp³-hybridized carbons (Fsp3) is 0.278. The molecule has 0 saturated heterocycles. The number of nitrogens with zero attached hydrogens (tertiary/aromatic N) is 2. The van der Waals surface area contributed by atoms with E-state index in [1.165, 1.54) is 28.0 Å². The quantitative estimate of drug-likeness (QED) is 0.438. The standard InChI is InChI=1S/C18H19F3N4O4S/c1-4-30(28,29)14-6-11(18(19,20)21)7-22-15(14)16-23-12-5-10(13(27)9-26)8-24(2)17(12)25(16)3/h5-8,22-23,26H,2,4,9H2,1,3H3/q+2. The lowest BCUT2D eigenvalue weighted by atomic mass is 10.2. The van der Waals surface area contributed by atoms with Crippen LogP contribution in [-0.4, -0.2) is 42.8 Å². The lowest BCUT2D eigenvalue weighted by molar-refractivity contribution is -0.709. The highest BCUT2D eigenvalue weighted by atomic mass is 32.2. The van der Waals surface area contributed by atoms with Crippen molar-refractivity contribution in [3.63, 3.8) is 0 Å². The third-order valence-corrected chi connectivity index (χ3v) is 6.42. The molecule has 160 valence electrons. The van der Waals surface area contributed by atoms with E-state index in [1.807, 2.05) is 0 Å². The molecular formula is C18H19F3N4O4S+2. The van der Waals surface area contributed by atoms with E-state index in [-0.39, 0.29) is 16.7 Å². The number of hydrogen-bond donors (Lipinski definition) is 3. The zero-order valence-electron chi connectivity index (χ0n) is 16.0. The Bertz CT molecular complexity index is 1340. The number of rotatable bonds is 4. The summed E-state index contributed by atoms with van der Waals surface area (Å²) in [5.74, 6) is -0.952. The van der Waals surface area contributed by atoms with Gasteiger partial charge in [-0.15, -0.1) is 8.81 Å².